The Hall–Kier alpha value is -2.36. The van der Waals surface area contributed by atoms with Gasteiger partial charge in [0.15, 0.2) is 5.13 Å². The fraction of sp³-hybridized carbons (Fsp3) is 0.474. The molecule has 9 heteroatoms. The minimum absolute atomic E-state index is 0.0248. The van der Waals surface area contributed by atoms with E-state index in [1.807, 2.05) is 12.1 Å². The second kappa shape index (κ2) is 8.76. The molecule has 0 bridgehead atoms. The van der Waals surface area contributed by atoms with E-state index in [9.17, 15) is 4.79 Å². The highest BCUT2D eigenvalue weighted by atomic mass is 32.1. The minimum atomic E-state index is -0.0248. The van der Waals surface area contributed by atoms with Crippen molar-refractivity contribution < 1.29 is 9.53 Å². The predicted octanol–water partition coefficient (Wildman–Crippen LogP) is 1.95. The molecule has 0 aliphatic carbocycles. The fourth-order valence-corrected chi connectivity index (χ4v) is 4.38. The highest BCUT2D eigenvalue weighted by Gasteiger charge is 2.21. The van der Waals surface area contributed by atoms with Crippen molar-refractivity contribution in [2.45, 2.75) is 19.9 Å². The number of rotatable bonds is 7. The number of benzene rings is 1. The number of thiazole rings is 1. The third kappa shape index (κ3) is 4.54. The van der Waals surface area contributed by atoms with Gasteiger partial charge in [-0.15, -0.1) is 0 Å². The zero-order chi connectivity index (χ0) is 19.3. The largest absolute Gasteiger partial charge is 0.379 e. The molecule has 1 saturated heterocycles. The zero-order valence-electron chi connectivity index (χ0n) is 16.0. The molecule has 0 unspecified atom stereocenters. The Labute approximate surface area is 167 Å². The molecular weight excluding hydrogens is 376 g/mol. The summed E-state index contributed by atoms with van der Waals surface area (Å²) in [6.45, 7) is 7.27. The lowest BCUT2D eigenvalue weighted by atomic mass is 10.2. The van der Waals surface area contributed by atoms with Gasteiger partial charge in [0, 0.05) is 26.2 Å². The summed E-state index contributed by atoms with van der Waals surface area (Å²) in [4.78, 5) is 25.8. The number of morpholine rings is 1. The van der Waals surface area contributed by atoms with Crippen molar-refractivity contribution in [1.29, 1.82) is 0 Å². The van der Waals surface area contributed by atoms with Crippen LogP contribution in [-0.4, -0.2) is 69.9 Å². The van der Waals surface area contributed by atoms with Gasteiger partial charge in [0.05, 0.1) is 23.4 Å². The van der Waals surface area contributed by atoms with Gasteiger partial charge in [-0.1, -0.05) is 17.4 Å². The van der Waals surface area contributed by atoms with Crippen molar-refractivity contribution in [2.75, 3.05) is 44.3 Å². The number of nitrogens with zero attached hydrogens (tertiary/aromatic N) is 6. The van der Waals surface area contributed by atoms with Gasteiger partial charge in [0.2, 0.25) is 0 Å². The molecule has 0 saturated carbocycles. The van der Waals surface area contributed by atoms with Crippen LogP contribution in [0.15, 0.2) is 30.9 Å². The summed E-state index contributed by atoms with van der Waals surface area (Å²) in [5, 5.41) is 4.80. The lowest BCUT2D eigenvalue weighted by Gasteiger charge is -2.27. The Morgan fingerprint density at radius 2 is 2.18 bits per heavy atom. The summed E-state index contributed by atoms with van der Waals surface area (Å²) >= 11 is 1.56. The zero-order valence-corrected chi connectivity index (χ0v) is 16.8. The summed E-state index contributed by atoms with van der Waals surface area (Å²) in [6, 6.07) is 6.18. The first-order valence-electron chi connectivity index (χ1n) is 9.49. The number of aryl methyl sites for hydroxylation is 1. The van der Waals surface area contributed by atoms with Crippen LogP contribution in [0.3, 0.4) is 0 Å². The van der Waals surface area contributed by atoms with Crippen LogP contribution in [0, 0.1) is 6.92 Å². The number of hydrogen-bond donors (Lipinski definition) is 0. The smallest absolute Gasteiger partial charge is 0.250 e. The fourth-order valence-electron chi connectivity index (χ4n) is 3.28. The normalized spacial score (nSPS) is 15.2. The van der Waals surface area contributed by atoms with E-state index in [-0.39, 0.29) is 12.5 Å². The number of aromatic nitrogens is 4. The summed E-state index contributed by atoms with van der Waals surface area (Å²) in [7, 11) is 0. The molecule has 0 radical (unpaired) electrons. The molecule has 1 aliphatic rings. The van der Waals surface area contributed by atoms with Gasteiger partial charge in [0.25, 0.3) is 5.91 Å². The van der Waals surface area contributed by atoms with Gasteiger partial charge < -0.3 is 4.74 Å². The quantitative estimate of drug-likeness (QED) is 0.603. The molecule has 3 aromatic rings. The van der Waals surface area contributed by atoms with Crippen molar-refractivity contribution in [3.05, 3.63) is 36.4 Å². The van der Waals surface area contributed by atoms with Crippen LogP contribution in [0.5, 0.6) is 0 Å². The van der Waals surface area contributed by atoms with Crippen LogP contribution in [0.2, 0.25) is 0 Å². The third-order valence-corrected chi connectivity index (χ3v) is 5.83. The molecule has 3 heterocycles. The first-order chi connectivity index (χ1) is 13.7. The monoisotopic (exact) mass is 400 g/mol. The van der Waals surface area contributed by atoms with E-state index in [0.717, 1.165) is 54.6 Å². The lowest BCUT2D eigenvalue weighted by molar-refractivity contribution is -0.119. The van der Waals surface area contributed by atoms with Crippen LogP contribution in [-0.2, 0) is 16.1 Å². The summed E-state index contributed by atoms with van der Waals surface area (Å²) < 4.78 is 8.06. The molecular formula is C19H24N6O2S. The second-order valence-electron chi connectivity index (χ2n) is 6.91. The molecule has 0 spiro atoms. The molecule has 1 fully saturated rings. The predicted molar refractivity (Wildman–Crippen MR) is 109 cm³/mol. The highest BCUT2D eigenvalue weighted by molar-refractivity contribution is 7.22. The van der Waals surface area contributed by atoms with Crippen LogP contribution in [0.4, 0.5) is 5.13 Å². The molecule has 2 aromatic heterocycles. The topological polar surface area (TPSA) is 76.4 Å². The van der Waals surface area contributed by atoms with Crippen molar-refractivity contribution in [1.82, 2.24) is 24.6 Å². The number of hydrogen-bond acceptors (Lipinski definition) is 7. The first kappa shape index (κ1) is 19.0. The van der Waals surface area contributed by atoms with Crippen molar-refractivity contribution >= 4 is 32.6 Å². The Morgan fingerprint density at radius 3 is 2.96 bits per heavy atom. The number of anilines is 1. The molecule has 4 rings (SSSR count). The number of ether oxygens (including phenoxy) is 1. The molecule has 0 atom stereocenters. The molecule has 1 aromatic carbocycles. The highest BCUT2D eigenvalue weighted by Crippen LogP contribution is 2.30. The van der Waals surface area contributed by atoms with Gasteiger partial charge in [0.1, 0.15) is 19.2 Å². The summed E-state index contributed by atoms with van der Waals surface area (Å²) in [5.41, 5.74) is 2.12. The van der Waals surface area contributed by atoms with E-state index in [2.05, 4.69) is 28.0 Å². The average molecular weight is 401 g/mol. The van der Waals surface area contributed by atoms with Crippen LogP contribution in [0.1, 0.15) is 12.0 Å². The van der Waals surface area contributed by atoms with E-state index in [1.165, 1.54) is 11.9 Å². The number of amides is 1. The lowest BCUT2D eigenvalue weighted by Crippen LogP contribution is -2.40. The van der Waals surface area contributed by atoms with Crippen molar-refractivity contribution in [2.24, 2.45) is 0 Å². The van der Waals surface area contributed by atoms with E-state index in [0.29, 0.717) is 6.54 Å². The first-order valence-corrected chi connectivity index (χ1v) is 10.3. The van der Waals surface area contributed by atoms with Crippen molar-refractivity contribution in [3.63, 3.8) is 0 Å². The molecule has 1 aliphatic heterocycles. The number of carbonyl (C=O) groups excluding carboxylic acids is 1. The average Bonchev–Trinajstić information content (AvgIpc) is 3.35. The Morgan fingerprint density at radius 1 is 1.32 bits per heavy atom. The Balaban J connectivity index is 1.50. The SMILES string of the molecule is Cc1ccc2nc(N(CCCN3CCOCC3)C(=O)Cn3cncn3)sc2c1. The van der Waals surface area contributed by atoms with Crippen molar-refractivity contribution in [3.8, 4) is 0 Å². The number of fused-ring (bicyclic) bond motifs is 1. The Kier molecular flexibility index (Phi) is 5.94. The van der Waals surface area contributed by atoms with Crippen LogP contribution >= 0.6 is 11.3 Å². The van der Waals surface area contributed by atoms with Gasteiger partial charge in [-0.2, -0.15) is 5.10 Å². The Bertz CT molecular complexity index is 920. The van der Waals surface area contributed by atoms with Gasteiger partial charge >= 0.3 is 0 Å². The number of carbonyl (C=O) groups is 1. The molecule has 28 heavy (non-hydrogen) atoms. The molecule has 0 N–H and O–H groups in total. The van der Waals surface area contributed by atoms with Crippen LogP contribution < -0.4 is 4.90 Å². The van der Waals surface area contributed by atoms with Crippen LogP contribution in [0.25, 0.3) is 10.2 Å². The molecule has 148 valence electrons. The second-order valence-corrected chi connectivity index (χ2v) is 7.92. The van der Waals surface area contributed by atoms with E-state index in [1.54, 1.807) is 27.2 Å². The van der Waals surface area contributed by atoms with Gasteiger partial charge in [-0.3, -0.25) is 14.6 Å². The maximum atomic E-state index is 13.0. The van der Waals surface area contributed by atoms with Gasteiger partial charge in [-0.05, 0) is 31.0 Å². The van der Waals surface area contributed by atoms with E-state index in [4.69, 9.17) is 9.72 Å². The standard InChI is InChI=1S/C19H24N6O2S/c1-15-3-4-16-17(11-15)28-19(22-16)25(18(26)12-24-14-20-13-21-24)6-2-5-23-7-9-27-10-8-23/h3-4,11,13-14H,2,5-10,12H2,1H3. The molecule has 1 amide bonds. The molecule has 8 nitrogen and oxygen atoms in total. The van der Waals surface area contributed by atoms with E-state index >= 15 is 0 Å². The third-order valence-electron chi connectivity index (χ3n) is 4.79. The summed E-state index contributed by atoms with van der Waals surface area (Å²) in [5.74, 6) is -0.0248. The van der Waals surface area contributed by atoms with E-state index < -0.39 is 0 Å². The minimum Gasteiger partial charge on any atom is -0.379 e. The summed E-state index contributed by atoms with van der Waals surface area (Å²) in [6.07, 6.45) is 3.89. The maximum Gasteiger partial charge on any atom is 0.250 e. The maximum absolute atomic E-state index is 13.0. The van der Waals surface area contributed by atoms with Gasteiger partial charge in [-0.25, -0.2) is 14.6 Å².